The molecule has 29 heavy (non-hydrogen) atoms. The van der Waals surface area contributed by atoms with E-state index in [9.17, 15) is 8.78 Å². The molecule has 9 heteroatoms. The van der Waals surface area contributed by atoms with E-state index in [1.54, 1.807) is 19.2 Å². The molecule has 1 aromatic rings. The van der Waals surface area contributed by atoms with Crippen molar-refractivity contribution in [1.29, 1.82) is 0 Å². The number of alkyl halides is 2. The number of nitrogens with zero attached hydrogens (tertiary/aromatic N) is 4. The number of ether oxygens (including phenoxy) is 1. The molecule has 2 atom stereocenters. The Bertz CT molecular complexity index is 689. The predicted octanol–water partition coefficient (Wildman–Crippen LogP) is 1.28. The first-order valence-electron chi connectivity index (χ1n) is 10.1. The minimum Gasteiger partial charge on any atom is -0.433 e. The van der Waals surface area contributed by atoms with Crippen molar-refractivity contribution in [2.75, 3.05) is 65.3 Å². The first-order chi connectivity index (χ1) is 14.0. The van der Waals surface area contributed by atoms with Crippen molar-refractivity contribution >= 4 is 11.6 Å². The topological polar surface area (TPSA) is 55.4 Å². The second-order valence-corrected chi connectivity index (χ2v) is 7.77. The van der Waals surface area contributed by atoms with Gasteiger partial charge in [-0.15, -0.1) is 0 Å². The van der Waals surface area contributed by atoms with Gasteiger partial charge in [0.2, 0.25) is 0 Å². The highest BCUT2D eigenvalue weighted by molar-refractivity contribution is 5.80. The van der Waals surface area contributed by atoms with Gasteiger partial charge in [-0.3, -0.25) is 9.89 Å². The van der Waals surface area contributed by atoms with Crippen molar-refractivity contribution in [1.82, 2.24) is 20.4 Å². The zero-order valence-corrected chi connectivity index (χ0v) is 17.4. The van der Waals surface area contributed by atoms with Crippen molar-refractivity contribution in [2.45, 2.75) is 25.1 Å². The van der Waals surface area contributed by atoms with E-state index in [4.69, 9.17) is 0 Å². The summed E-state index contributed by atoms with van der Waals surface area (Å²) in [5.41, 5.74) is 0.701. The van der Waals surface area contributed by atoms with E-state index >= 15 is 0 Å². The third kappa shape index (κ3) is 5.93. The van der Waals surface area contributed by atoms with E-state index in [0.29, 0.717) is 18.3 Å². The van der Waals surface area contributed by atoms with Gasteiger partial charge in [0.05, 0.1) is 5.69 Å². The van der Waals surface area contributed by atoms with Crippen LogP contribution in [0.3, 0.4) is 0 Å². The van der Waals surface area contributed by atoms with Crippen LogP contribution >= 0.6 is 0 Å². The Balaban J connectivity index is 1.52. The molecular formula is C20H32F2N6O. The van der Waals surface area contributed by atoms with Gasteiger partial charge in [-0.1, -0.05) is 12.1 Å². The number of hydrogen-bond acceptors (Lipinski definition) is 5. The molecule has 2 N–H and O–H groups in total. The number of hydrogen-bond donors (Lipinski definition) is 2. The van der Waals surface area contributed by atoms with E-state index in [-0.39, 0.29) is 11.8 Å². The van der Waals surface area contributed by atoms with E-state index < -0.39 is 6.61 Å². The van der Waals surface area contributed by atoms with Gasteiger partial charge in [0.1, 0.15) is 5.75 Å². The highest BCUT2D eigenvalue weighted by atomic mass is 19.3. The lowest BCUT2D eigenvalue weighted by atomic mass is 10.2. The Morgan fingerprint density at radius 2 is 2.00 bits per heavy atom. The van der Waals surface area contributed by atoms with Crippen LogP contribution in [0.1, 0.15) is 6.42 Å². The highest BCUT2D eigenvalue weighted by Gasteiger charge is 2.27. The lowest BCUT2D eigenvalue weighted by Crippen LogP contribution is -2.56. The molecule has 0 saturated carbocycles. The summed E-state index contributed by atoms with van der Waals surface area (Å²) in [6.45, 7) is 2.65. The fraction of sp³-hybridized carbons (Fsp3) is 0.650. The standard InChI is InChI=1S/C20H32F2N6O/c1-23-20(24-12-16-14-26(2)10-11-27(16)3)25-15-8-9-28(13-15)17-6-4-5-7-18(17)29-19(21)22/h4-7,15-16,19H,8-14H2,1-3H3,(H2,23,24,25). The number of para-hydroxylation sites is 2. The lowest BCUT2D eigenvalue weighted by molar-refractivity contribution is -0.0495. The van der Waals surface area contributed by atoms with Gasteiger partial charge in [0.25, 0.3) is 0 Å². The summed E-state index contributed by atoms with van der Waals surface area (Å²) in [5.74, 6) is 0.991. The van der Waals surface area contributed by atoms with Gasteiger partial charge in [0, 0.05) is 58.4 Å². The average molecular weight is 411 g/mol. The number of halogens is 2. The fourth-order valence-electron chi connectivity index (χ4n) is 3.94. The molecule has 162 valence electrons. The van der Waals surface area contributed by atoms with Crippen LogP contribution < -0.4 is 20.3 Å². The van der Waals surface area contributed by atoms with E-state index in [2.05, 4.69) is 49.2 Å². The molecule has 0 radical (unpaired) electrons. The molecule has 0 spiro atoms. The van der Waals surface area contributed by atoms with E-state index in [1.807, 2.05) is 12.1 Å². The van der Waals surface area contributed by atoms with Gasteiger partial charge in [-0.25, -0.2) is 0 Å². The van der Waals surface area contributed by atoms with Crippen LogP contribution in [0.5, 0.6) is 5.75 Å². The first-order valence-corrected chi connectivity index (χ1v) is 10.1. The molecule has 0 aromatic heterocycles. The van der Waals surface area contributed by atoms with E-state index in [0.717, 1.165) is 45.1 Å². The van der Waals surface area contributed by atoms with Crippen LogP contribution in [0.15, 0.2) is 29.3 Å². The molecule has 2 fully saturated rings. The molecule has 0 bridgehead atoms. The van der Waals surface area contributed by atoms with Crippen LogP contribution in [0, 0.1) is 0 Å². The Hall–Kier alpha value is -2.13. The number of aliphatic imine (C=N–C) groups is 1. The Morgan fingerprint density at radius 3 is 2.76 bits per heavy atom. The maximum absolute atomic E-state index is 12.7. The van der Waals surface area contributed by atoms with Crippen LogP contribution in [0.4, 0.5) is 14.5 Å². The normalized spacial score (nSPS) is 24.2. The molecular weight excluding hydrogens is 378 g/mol. The number of piperazine rings is 1. The van der Waals surface area contributed by atoms with Gasteiger partial charge in [-0.05, 0) is 32.6 Å². The maximum Gasteiger partial charge on any atom is 0.387 e. The molecule has 0 amide bonds. The Kier molecular flexibility index (Phi) is 7.49. The summed E-state index contributed by atoms with van der Waals surface area (Å²) in [7, 11) is 6.07. The zero-order chi connectivity index (χ0) is 20.8. The van der Waals surface area contributed by atoms with Gasteiger partial charge in [0.15, 0.2) is 5.96 Å². The third-order valence-electron chi connectivity index (χ3n) is 5.66. The average Bonchev–Trinajstić information content (AvgIpc) is 3.15. The fourth-order valence-corrected chi connectivity index (χ4v) is 3.94. The molecule has 2 heterocycles. The quantitative estimate of drug-likeness (QED) is 0.544. The number of benzene rings is 1. The second kappa shape index (κ2) is 10.1. The molecule has 7 nitrogen and oxygen atoms in total. The van der Waals surface area contributed by atoms with Crippen molar-refractivity contribution in [3.05, 3.63) is 24.3 Å². The van der Waals surface area contributed by atoms with Crippen LogP contribution in [-0.4, -0.2) is 94.9 Å². The second-order valence-electron chi connectivity index (χ2n) is 7.77. The largest absolute Gasteiger partial charge is 0.433 e. The monoisotopic (exact) mass is 410 g/mol. The van der Waals surface area contributed by atoms with Crippen molar-refractivity contribution in [3.63, 3.8) is 0 Å². The molecule has 2 saturated heterocycles. The Labute approximate surface area is 171 Å². The molecule has 3 rings (SSSR count). The first kappa shape index (κ1) is 21.6. The molecule has 0 aliphatic carbocycles. The number of likely N-dealkylation sites (N-methyl/N-ethyl adjacent to an activating group) is 2. The summed E-state index contributed by atoms with van der Waals surface area (Å²) in [6, 6.07) is 7.58. The highest BCUT2D eigenvalue weighted by Crippen LogP contribution is 2.31. The number of anilines is 1. The molecule has 2 aliphatic heterocycles. The number of rotatable bonds is 6. The zero-order valence-electron chi connectivity index (χ0n) is 17.4. The van der Waals surface area contributed by atoms with Crippen molar-refractivity contribution in [2.24, 2.45) is 4.99 Å². The minimum atomic E-state index is -2.83. The smallest absolute Gasteiger partial charge is 0.387 e. The SMILES string of the molecule is CN=C(NCC1CN(C)CCN1C)NC1CCN(c2ccccc2OC(F)F)C1. The summed E-state index contributed by atoms with van der Waals surface area (Å²) < 4.78 is 30.1. The van der Waals surface area contributed by atoms with Gasteiger partial charge >= 0.3 is 6.61 Å². The van der Waals surface area contributed by atoms with Gasteiger partial charge < -0.3 is 25.2 Å². The van der Waals surface area contributed by atoms with Gasteiger partial charge in [-0.2, -0.15) is 8.78 Å². The maximum atomic E-state index is 12.7. The predicted molar refractivity (Wildman–Crippen MR) is 112 cm³/mol. The van der Waals surface area contributed by atoms with Crippen LogP contribution in [0.25, 0.3) is 0 Å². The van der Waals surface area contributed by atoms with Crippen molar-refractivity contribution in [3.8, 4) is 5.75 Å². The summed E-state index contributed by atoms with van der Waals surface area (Å²) in [6.07, 6.45) is 0.899. The minimum absolute atomic E-state index is 0.188. The van der Waals surface area contributed by atoms with E-state index in [1.165, 1.54) is 0 Å². The van der Waals surface area contributed by atoms with Crippen LogP contribution in [-0.2, 0) is 0 Å². The van der Waals surface area contributed by atoms with Crippen LogP contribution in [0.2, 0.25) is 0 Å². The lowest BCUT2D eigenvalue weighted by Gasteiger charge is -2.38. The molecule has 2 unspecified atom stereocenters. The molecule has 1 aromatic carbocycles. The van der Waals surface area contributed by atoms with Crippen molar-refractivity contribution < 1.29 is 13.5 Å². The molecule has 2 aliphatic rings. The third-order valence-corrected chi connectivity index (χ3v) is 5.66. The summed E-state index contributed by atoms with van der Waals surface area (Å²) in [5, 5.41) is 6.90. The summed E-state index contributed by atoms with van der Waals surface area (Å²) in [4.78, 5) is 11.1. The Morgan fingerprint density at radius 1 is 1.21 bits per heavy atom. The number of guanidine groups is 1. The number of nitrogens with one attached hydrogen (secondary N) is 2. The summed E-state index contributed by atoms with van der Waals surface area (Å²) >= 11 is 0.